The minimum absolute atomic E-state index is 0.0416. The molecule has 1 heterocycles. The highest BCUT2D eigenvalue weighted by Crippen LogP contribution is 2.49. The van der Waals surface area contributed by atoms with Crippen molar-refractivity contribution in [3.8, 4) is 5.75 Å². The molecular formula is C27H30N2O3. The molecule has 5 nitrogen and oxygen atoms in total. The van der Waals surface area contributed by atoms with Gasteiger partial charge in [0.1, 0.15) is 5.75 Å². The zero-order chi connectivity index (χ0) is 21.8. The summed E-state index contributed by atoms with van der Waals surface area (Å²) in [5, 5.41) is 3.44. The van der Waals surface area contributed by atoms with Crippen LogP contribution in [0.4, 0.5) is 0 Å². The molecule has 2 bridgehead atoms. The van der Waals surface area contributed by atoms with Crippen molar-refractivity contribution < 1.29 is 14.3 Å². The van der Waals surface area contributed by atoms with Gasteiger partial charge in [0, 0.05) is 17.6 Å². The van der Waals surface area contributed by atoms with Gasteiger partial charge in [0.15, 0.2) is 0 Å². The highest BCUT2D eigenvalue weighted by atomic mass is 16.5. The van der Waals surface area contributed by atoms with Crippen molar-refractivity contribution in [2.45, 2.75) is 62.6 Å². The number of hydrogen-bond acceptors (Lipinski definition) is 3. The van der Waals surface area contributed by atoms with Crippen molar-refractivity contribution in [1.29, 1.82) is 0 Å². The zero-order valence-corrected chi connectivity index (χ0v) is 18.5. The summed E-state index contributed by atoms with van der Waals surface area (Å²) in [7, 11) is 1.65. The summed E-state index contributed by atoms with van der Waals surface area (Å²) in [6, 6.07) is 15.7. The van der Waals surface area contributed by atoms with Crippen LogP contribution >= 0.6 is 0 Å². The van der Waals surface area contributed by atoms with Crippen molar-refractivity contribution >= 4 is 11.8 Å². The van der Waals surface area contributed by atoms with Crippen LogP contribution < -0.4 is 10.1 Å². The first kappa shape index (κ1) is 19.8. The normalized spacial score (nSPS) is 30.8. The van der Waals surface area contributed by atoms with E-state index in [0.29, 0.717) is 11.5 Å². The summed E-state index contributed by atoms with van der Waals surface area (Å²) in [6.45, 7) is 0. The average molecular weight is 431 g/mol. The fraction of sp³-hybridized carbons (Fsp3) is 0.481. The lowest BCUT2D eigenvalue weighted by atomic mass is 9.78. The maximum atomic E-state index is 13.9. The number of nitrogens with zero attached hydrogens (tertiary/aromatic N) is 1. The zero-order valence-electron chi connectivity index (χ0n) is 18.5. The number of carbonyl (C=O) groups excluding carboxylic acids is 2. The molecule has 5 heteroatoms. The number of hydrogen-bond donors (Lipinski definition) is 1. The van der Waals surface area contributed by atoms with Crippen molar-refractivity contribution in [1.82, 2.24) is 10.2 Å². The molecule has 3 fully saturated rings. The Bertz CT molecular complexity index is 1060. The van der Waals surface area contributed by atoms with Gasteiger partial charge in [-0.1, -0.05) is 36.8 Å². The first-order valence-corrected chi connectivity index (χ1v) is 12.0. The van der Waals surface area contributed by atoms with Crippen molar-refractivity contribution in [2.24, 2.45) is 11.8 Å². The van der Waals surface area contributed by atoms with E-state index < -0.39 is 5.92 Å². The quantitative estimate of drug-likeness (QED) is 0.763. The molecule has 1 N–H and O–H groups in total. The van der Waals surface area contributed by atoms with Crippen LogP contribution in [0.1, 0.15) is 72.0 Å². The third kappa shape index (κ3) is 3.21. The molecule has 2 amide bonds. The number of fused-ring (bicyclic) bond motifs is 3. The first-order valence-electron chi connectivity index (χ1n) is 12.0. The van der Waals surface area contributed by atoms with Gasteiger partial charge in [-0.15, -0.1) is 0 Å². The number of benzene rings is 2. The topological polar surface area (TPSA) is 58.6 Å². The van der Waals surface area contributed by atoms with E-state index >= 15 is 0 Å². The molecule has 2 aromatic carbocycles. The Hall–Kier alpha value is -2.82. The highest BCUT2D eigenvalue weighted by molar-refractivity contribution is 6.01. The third-order valence-corrected chi connectivity index (χ3v) is 8.10. The number of nitrogens with one attached hydrogen (secondary N) is 1. The fourth-order valence-corrected chi connectivity index (χ4v) is 6.46. The second kappa shape index (κ2) is 7.65. The number of amides is 2. The smallest absolute Gasteiger partial charge is 0.254 e. The largest absolute Gasteiger partial charge is 0.497 e. The fourth-order valence-electron chi connectivity index (χ4n) is 6.46. The molecular weight excluding hydrogens is 400 g/mol. The highest BCUT2D eigenvalue weighted by Gasteiger charge is 2.50. The van der Waals surface area contributed by atoms with E-state index in [1.807, 2.05) is 53.4 Å². The Kier molecular flexibility index (Phi) is 4.74. The van der Waals surface area contributed by atoms with Crippen LogP contribution in [-0.4, -0.2) is 35.9 Å². The summed E-state index contributed by atoms with van der Waals surface area (Å²) in [6.07, 6.45) is 6.87. The van der Waals surface area contributed by atoms with E-state index in [0.717, 1.165) is 42.1 Å². The van der Waals surface area contributed by atoms with E-state index in [4.69, 9.17) is 4.74 Å². The van der Waals surface area contributed by atoms with Crippen LogP contribution in [0.3, 0.4) is 0 Å². The molecule has 0 spiro atoms. The van der Waals surface area contributed by atoms with Crippen molar-refractivity contribution in [2.75, 3.05) is 7.11 Å². The lowest BCUT2D eigenvalue weighted by Crippen LogP contribution is -2.50. The van der Waals surface area contributed by atoms with Crippen LogP contribution in [0.15, 0.2) is 48.5 Å². The monoisotopic (exact) mass is 430 g/mol. The van der Waals surface area contributed by atoms with E-state index in [9.17, 15) is 9.59 Å². The standard InChI is InChI=1S/C27H30N2O3/c1-32-20-6-4-5-18(15-20)25-24(26(30)28-23-14-16-9-10-17(23)13-16)21-7-2-3-8-22(21)27(31)29(25)19-11-12-19/h2-8,15-17,19,23-25H,9-14H2,1H3,(H,28,30)/t16-,17-,23-,24-,25+/m0/s1. The number of methoxy groups -OCH3 is 1. The molecule has 1 aliphatic heterocycles. The first-order chi connectivity index (χ1) is 15.6. The maximum absolute atomic E-state index is 13.9. The molecule has 0 unspecified atom stereocenters. The summed E-state index contributed by atoms with van der Waals surface area (Å²) in [5.41, 5.74) is 2.49. The average Bonchev–Trinajstić information content (AvgIpc) is 3.44. The van der Waals surface area contributed by atoms with E-state index in [1.165, 1.54) is 19.3 Å². The van der Waals surface area contributed by atoms with Crippen LogP contribution in [0.25, 0.3) is 0 Å². The van der Waals surface area contributed by atoms with Crippen LogP contribution in [0, 0.1) is 11.8 Å². The summed E-state index contributed by atoms with van der Waals surface area (Å²) in [4.78, 5) is 29.6. The Morgan fingerprint density at radius 1 is 1.03 bits per heavy atom. The van der Waals surface area contributed by atoms with E-state index in [-0.39, 0.29) is 29.9 Å². The lowest BCUT2D eigenvalue weighted by Gasteiger charge is -2.42. The molecule has 166 valence electrons. The molecule has 2 aromatic rings. The van der Waals surface area contributed by atoms with Gasteiger partial charge >= 0.3 is 0 Å². The molecule has 0 radical (unpaired) electrons. The van der Waals surface area contributed by atoms with Crippen LogP contribution in [0.2, 0.25) is 0 Å². The number of rotatable bonds is 5. The van der Waals surface area contributed by atoms with Crippen LogP contribution in [-0.2, 0) is 4.79 Å². The van der Waals surface area contributed by atoms with Gasteiger partial charge in [-0.25, -0.2) is 0 Å². The lowest BCUT2D eigenvalue weighted by molar-refractivity contribution is -0.125. The Morgan fingerprint density at radius 2 is 1.88 bits per heavy atom. The van der Waals surface area contributed by atoms with Gasteiger partial charge < -0.3 is 15.0 Å². The van der Waals surface area contributed by atoms with Gasteiger partial charge in [-0.2, -0.15) is 0 Å². The van der Waals surface area contributed by atoms with E-state index in [1.54, 1.807) is 7.11 Å². The predicted molar refractivity (Wildman–Crippen MR) is 121 cm³/mol. The Morgan fingerprint density at radius 3 is 2.59 bits per heavy atom. The van der Waals surface area contributed by atoms with Crippen LogP contribution in [0.5, 0.6) is 5.75 Å². The van der Waals surface area contributed by atoms with Crippen molar-refractivity contribution in [3.05, 3.63) is 65.2 Å². The van der Waals surface area contributed by atoms with Gasteiger partial charge in [-0.3, -0.25) is 9.59 Å². The second-order valence-electron chi connectivity index (χ2n) is 10.0. The molecule has 0 aromatic heterocycles. The van der Waals surface area contributed by atoms with Gasteiger partial charge in [0.2, 0.25) is 5.91 Å². The Labute approximate surface area is 189 Å². The van der Waals surface area contributed by atoms with Crippen molar-refractivity contribution in [3.63, 3.8) is 0 Å². The maximum Gasteiger partial charge on any atom is 0.254 e. The molecule has 4 aliphatic rings. The molecule has 5 atom stereocenters. The summed E-state index contributed by atoms with van der Waals surface area (Å²) in [5.74, 6) is 1.80. The minimum atomic E-state index is -0.421. The van der Waals surface area contributed by atoms with E-state index in [2.05, 4.69) is 5.32 Å². The van der Waals surface area contributed by atoms with Gasteiger partial charge in [0.05, 0.1) is 19.1 Å². The Balaban J connectivity index is 1.43. The van der Waals surface area contributed by atoms with Gasteiger partial charge in [-0.05, 0) is 73.3 Å². The number of ether oxygens (including phenoxy) is 1. The minimum Gasteiger partial charge on any atom is -0.497 e. The third-order valence-electron chi connectivity index (χ3n) is 8.10. The summed E-state index contributed by atoms with van der Waals surface area (Å²) >= 11 is 0. The second-order valence-corrected chi connectivity index (χ2v) is 10.0. The predicted octanol–water partition coefficient (Wildman–Crippen LogP) is 4.44. The van der Waals surface area contributed by atoms with Gasteiger partial charge in [0.25, 0.3) is 5.91 Å². The molecule has 0 saturated heterocycles. The molecule has 6 rings (SSSR count). The molecule has 32 heavy (non-hydrogen) atoms. The molecule has 3 saturated carbocycles. The number of carbonyl (C=O) groups is 2. The summed E-state index contributed by atoms with van der Waals surface area (Å²) < 4.78 is 5.49. The SMILES string of the molecule is COc1cccc([C@@H]2[C@@H](C(=O)N[C@H]3C[C@H]4CC[C@H]3C4)c3ccccc3C(=O)N2C2CC2)c1. The molecule has 3 aliphatic carbocycles.